The number of ether oxygens (including phenoxy) is 3. The van der Waals surface area contributed by atoms with Gasteiger partial charge in [-0.15, -0.1) is 0 Å². The normalized spacial score (nSPS) is 30.5. The molecule has 2 fully saturated rings. The van der Waals surface area contributed by atoms with Crippen LogP contribution in [0.4, 0.5) is 0 Å². The van der Waals surface area contributed by atoms with Crippen LogP contribution in [0.25, 0.3) is 0 Å². The Kier molecular flexibility index (Phi) is 4.20. The van der Waals surface area contributed by atoms with Crippen molar-refractivity contribution >= 4 is 0 Å². The summed E-state index contributed by atoms with van der Waals surface area (Å²) >= 11 is 0. The van der Waals surface area contributed by atoms with E-state index in [9.17, 15) is 0 Å². The van der Waals surface area contributed by atoms with Gasteiger partial charge in [0, 0.05) is 31.9 Å². The molecule has 2 heterocycles. The van der Waals surface area contributed by atoms with Gasteiger partial charge in [-0.3, -0.25) is 0 Å². The van der Waals surface area contributed by atoms with E-state index in [0.29, 0.717) is 6.61 Å². The summed E-state index contributed by atoms with van der Waals surface area (Å²) < 4.78 is 17.7. The van der Waals surface area contributed by atoms with E-state index in [0.717, 1.165) is 49.4 Å². The first kappa shape index (κ1) is 14.8. The number of benzene rings is 1. The molecular formula is C17H25NO3. The van der Waals surface area contributed by atoms with Gasteiger partial charge >= 0.3 is 0 Å². The van der Waals surface area contributed by atoms with Gasteiger partial charge in [-0.1, -0.05) is 12.1 Å². The van der Waals surface area contributed by atoms with Crippen LogP contribution in [0.2, 0.25) is 0 Å². The van der Waals surface area contributed by atoms with Crippen molar-refractivity contribution in [2.45, 2.75) is 50.9 Å². The predicted molar refractivity (Wildman–Crippen MR) is 81.6 cm³/mol. The predicted octanol–water partition coefficient (Wildman–Crippen LogP) is 2.73. The lowest BCUT2D eigenvalue weighted by Crippen LogP contribution is -2.44. The molecule has 1 aromatic rings. The molecular weight excluding hydrogens is 266 g/mol. The molecule has 2 N–H and O–H groups in total. The molecule has 1 aromatic carbocycles. The van der Waals surface area contributed by atoms with Crippen molar-refractivity contribution in [1.82, 2.24) is 0 Å². The Balaban J connectivity index is 1.68. The number of nitrogens with two attached hydrogens (primary N) is 1. The van der Waals surface area contributed by atoms with Gasteiger partial charge in [0.2, 0.25) is 0 Å². The van der Waals surface area contributed by atoms with Gasteiger partial charge in [0.15, 0.2) is 0 Å². The highest BCUT2D eigenvalue weighted by molar-refractivity contribution is 5.37. The summed E-state index contributed by atoms with van der Waals surface area (Å²) in [5, 5.41) is 0. The van der Waals surface area contributed by atoms with Crippen LogP contribution in [0.3, 0.4) is 0 Å². The molecule has 2 saturated heterocycles. The summed E-state index contributed by atoms with van der Waals surface area (Å²) in [6.45, 7) is 6.34. The molecule has 0 aliphatic carbocycles. The molecule has 2 aliphatic rings. The fourth-order valence-electron chi connectivity index (χ4n) is 3.21. The molecule has 3 rings (SSSR count). The molecule has 3 unspecified atom stereocenters. The van der Waals surface area contributed by atoms with Crippen LogP contribution in [0.1, 0.15) is 43.4 Å². The van der Waals surface area contributed by atoms with E-state index >= 15 is 0 Å². The Morgan fingerprint density at radius 3 is 2.90 bits per heavy atom. The van der Waals surface area contributed by atoms with Crippen molar-refractivity contribution in [3.63, 3.8) is 0 Å². The zero-order chi connectivity index (χ0) is 14.9. The fraction of sp³-hybridized carbons (Fsp3) is 0.647. The molecule has 0 bridgehead atoms. The van der Waals surface area contributed by atoms with Crippen molar-refractivity contribution in [3.8, 4) is 5.75 Å². The van der Waals surface area contributed by atoms with E-state index in [2.05, 4.69) is 19.1 Å². The van der Waals surface area contributed by atoms with Gasteiger partial charge in [0.05, 0.1) is 18.8 Å². The van der Waals surface area contributed by atoms with Crippen LogP contribution in [-0.4, -0.2) is 31.5 Å². The minimum absolute atomic E-state index is 0.0553. The van der Waals surface area contributed by atoms with E-state index in [1.54, 1.807) is 0 Å². The van der Waals surface area contributed by atoms with E-state index in [1.165, 1.54) is 0 Å². The van der Waals surface area contributed by atoms with Gasteiger partial charge in [-0.25, -0.2) is 0 Å². The number of aryl methyl sites for hydroxylation is 1. The van der Waals surface area contributed by atoms with Crippen LogP contribution < -0.4 is 10.5 Å². The number of hydrogen-bond acceptors (Lipinski definition) is 4. The summed E-state index contributed by atoms with van der Waals surface area (Å²) in [4.78, 5) is 0. The fourth-order valence-corrected chi connectivity index (χ4v) is 3.21. The molecule has 1 spiro atoms. The van der Waals surface area contributed by atoms with E-state index in [-0.39, 0.29) is 17.7 Å². The largest absolute Gasteiger partial charge is 0.490 e. The monoisotopic (exact) mass is 291 g/mol. The molecule has 3 atom stereocenters. The minimum Gasteiger partial charge on any atom is -0.490 e. The standard InChI is InChI=1S/C17H25NO3/c1-12-9-14(13(2)18)3-4-16(12)21-15-5-7-20-17(10-15)6-8-19-11-17/h3-4,9,13,15H,5-8,10-11,18H2,1-2H3. The van der Waals surface area contributed by atoms with Crippen molar-refractivity contribution < 1.29 is 14.2 Å². The van der Waals surface area contributed by atoms with Crippen LogP contribution in [0, 0.1) is 6.92 Å². The summed E-state index contributed by atoms with van der Waals surface area (Å²) in [5.74, 6) is 0.959. The zero-order valence-electron chi connectivity index (χ0n) is 12.9. The third-order valence-electron chi connectivity index (χ3n) is 4.53. The third kappa shape index (κ3) is 3.23. The molecule has 4 heteroatoms. The second-order valence-corrected chi connectivity index (χ2v) is 6.38. The summed E-state index contributed by atoms with van der Waals surface area (Å²) in [6.07, 6.45) is 3.05. The average molecular weight is 291 g/mol. The van der Waals surface area contributed by atoms with Crippen molar-refractivity contribution in [1.29, 1.82) is 0 Å². The first-order valence-electron chi connectivity index (χ1n) is 7.82. The summed E-state index contributed by atoms with van der Waals surface area (Å²) in [6, 6.07) is 6.27. The quantitative estimate of drug-likeness (QED) is 0.930. The Morgan fingerprint density at radius 2 is 2.24 bits per heavy atom. The second kappa shape index (κ2) is 5.95. The Labute approximate surface area is 126 Å². The van der Waals surface area contributed by atoms with Crippen LogP contribution in [-0.2, 0) is 9.47 Å². The summed E-state index contributed by atoms with van der Waals surface area (Å²) in [7, 11) is 0. The van der Waals surface area contributed by atoms with Crippen molar-refractivity contribution in [2.75, 3.05) is 19.8 Å². The van der Waals surface area contributed by atoms with Crippen LogP contribution >= 0.6 is 0 Å². The average Bonchev–Trinajstić information content (AvgIpc) is 2.89. The molecule has 0 saturated carbocycles. The number of rotatable bonds is 3. The lowest BCUT2D eigenvalue weighted by atomic mass is 9.91. The van der Waals surface area contributed by atoms with Crippen LogP contribution in [0.15, 0.2) is 18.2 Å². The van der Waals surface area contributed by atoms with Crippen LogP contribution in [0.5, 0.6) is 5.75 Å². The lowest BCUT2D eigenvalue weighted by molar-refractivity contribution is -0.112. The smallest absolute Gasteiger partial charge is 0.122 e. The molecule has 0 radical (unpaired) electrons. The molecule has 2 aliphatic heterocycles. The molecule has 0 amide bonds. The highest BCUT2D eigenvalue weighted by Crippen LogP contribution is 2.35. The number of hydrogen-bond donors (Lipinski definition) is 1. The SMILES string of the molecule is Cc1cc(C(C)N)ccc1OC1CCOC2(CCOC2)C1. The minimum atomic E-state index is -0.109. The van der Waals surface area contributed by atoms with Crippen molar-refractivity contribution in [2.24, 2.45) is 5.73 Å². The Bertz CT molecular complexity index is 495. The first-order valence-corrected chi connectivity index (χ1v) is 7.82. The maximum atomic E-state index is 6.23. The highest BCUT2D eigenvalue weighted by Gasteiger charge is 2.41. The Hall–Kier alpha value is -1.10. The second-order valence-electron chi connectivity index (χ2n) is 6.38. The topological polar surface area (TPSA) is 53.7 Å². The van der Waals surface area contributed by atoms with Gasteiger partial charge in [-0.2, -0.15) is 0 Å². The van der Waals surface area contributed by atoms with Gasteiger partial charge in [0.25, 0.3) is 0 Å². The van der Waals surface area contributed by atoms with E-state index in [1.807, 2.05) is 13.0 Å². The first-order chi connectivity index (χ1) is 10.1. The van der Waals surface area contributed by atoms with Gasteiger partial charge < -0.3 is 19.9 Å². The zero-order valence-corrected chi connectivity index (χ0v) is 12.9. The molecule has 0 aromatic heterocycles. The molecule has 21 heavy (non-hydrogen) atoms. The highest BCUT2D eigenvalue weighted by atomic mass is 16.6. The molecule has 116 valence electrons. The van der Waals surface area contributed by atoms with Crippen molar-refractivity contribution in [3.05, 3.63) is 29.3 Å². The van der Waals surface area contributed by atoms with E-state index in [4.69, 9.17) is 19.9 Å². The summed E-state index contributed by atoms with van der Waals surface area (Å²) in [5.41, 5.74) is 8.11. The maximum absolute atomic E-state index is 6.23. The Morgan fingerprint density at radius 1 is 1.38 bits per heavy atom. The molecule has 4 nitrogen and oxygen atoms in total. The third-order valence-corrected chi connectivity index (χ3v) is 4.53. The maximum Gasteiger partial charge on any atom is 0.122 e. The van der Waals surface area contributed by atoms with Gasteiger partial charge in [0.1, 0.15) is 11.9 Å². The lowest BCUT2D eigenvalue weighted by Gasteiger charge is -2.37. The van der Waals surface area contributed by atoms with E-state index < -0.39 is 0 Å². The van der Waals surface area contributed by atoms with Gasteiger partial charge in [-0.05, 0) is 31.0 Å².